The fraction of sp³-hybridized carbons (Fsp3) is 0.435. The topological polar surface area (TPSA) is 66.5 Å². The zero-order valence-corrected chi connectivity index (χ0v) is 18.0. The first kappa shape index (κ1) is 21.5. The molecule has 1 heterocycles. The number of anilines is 1. The van der Waals surface area contributed by atoms with Gasteiger partial charge in [0.2, 0.25) is 10.0 Å². The van der Waals surface area contributed by atoms with Crippen LogP contribution in [0.4, 0.5) is 5.69 Å². The normalized spacial score (nSPS) is 16.8. The number of amides is 1. The highest BCUT2D eigenvalue weighted by molar-refractivity contribution is 7.89. The fourth-order valence-corrected chi connectivity index (χ4v) is 5.18. The van der Waals surface area contributed by atoms with Gasteiger partial charge in [0.05, 0.1) is 4.90 Å². The van der Waals surface area contributed by atoms with Gasteiger partial charge in [0.15, 0.2) is 0 Å². The second-order valence-corrected chi connectivity index (χ2v) is 9.63. The van der Waals surface area contributed by atoms with Gasteiger partial charge in [-0.3, -0.25) is 4.79 Å². The molecule has 0 unspecified atom stereocenters. The maximum Gasteiger partial charge on any atom is 0.255 e. The van der Waals surface area contributed by atoms with E-state index in [-0.39, 0.29) is 10.8 Å². The Morgan fingerprint density at radius 1 is 1.00 bits per heavy atom. The van der Waals surface area contributed by atoms with E-state index in [0.29, 0.717) is 24.6 Å². The van der Waals surface area contributed by atoms with E-state index in [1.165, 1.54) is 12.1 Å². The van der Waals surface area contributed by atoms with Crippen LogP contribution in [0.5, 0.6) is 0 Å². The monoisotopic (exact) mass is 414 g/mol. The molecule has 156 valence electrons. The SMILES string of the molecule is CC[C@@H](C)c1ccccc1NC(=O)c1ccc(S(=O)(=O)N2CCCCCC2)cc1. The van der Waals surface area contributed by atoms with Crippen LogP contribution in [0.3, 0.4) is 0 Å². The van der Waals surface area contributed by atoms with Crippen molar-refractivity contribution in [3.8, 4) is 0 Å². The second-order valence-electron chi connectivity index (χ2n) is 7.69. The Balaban J connectivity index is 1.76. The summed E-state index contributed by atoms with van der Waals surface area (Å²) in [5, 5.41) is 2.97. The fourth-order valence-electron chi connectivity index (χ4n) is 3.66. The lowest BCUT2D eigenvalue weighted by atomic mass is 9.97. The highest BCUT2D eigenvalue weighted by Crippen LogP contribution is 2.27. The minimum Gasteiger partial charge on any atom is -0.322 e. The Kier molecular flexibility index (Phi) is 7.09. The number of para-hydroxylation sites is 1. The minimum absolute atomic E-state index is 0.237. The van der Waals surface area contributed by atoms with E-state index in [1.807, 2.05) is 24.3 Å². The molecule has 6 heteroatoms. The summed E-state index contributed by atoms with van der Waals surface area (Å²) in [5.74, 6) is 0.104. The third-order valence-electron chi connectivity index (χ3n) is 5.67. The highest BCUT2D eigenvalue weighted by atomic mass is 32.2. The van der Waals surface area contributed by atoms with Crippen molar-refractivity contribution in [1.29, 1.82) is 0 Å². The van der Waals surface area contributed by atoms with Crippen LogP contribution in [0, 0.1) is 0 Å². The minimum atomic E-state index is -3.51. The summed E-state index contributed by atoms with van der Waals surface area (Å²) in [7, 11) is -3.51. The van der Waals surface area contributed by atoms with Crippen LogP contribution in [0.15, 0.2) is 53.4 Å². The first-order chi connectivity index (χ1) is 13.9. The molecular formula is C23H30N2O3S. The molecule has 29 heavy (non-hydrogen) atoms. The van der Waals surface area contributed by atoms with Crippen molar-refractivity contribution < 1.29 is 13.2 Å². The van der Waals surface area contributed by atoms with Crippen LogP contribution < -0.4 is 5.32 Å². The predicted octanol–water partition coefficient (Wildman–Crippen LogP) is 5.02. The molecule has 0 aliphatic carbocycles. The summed E-state index contributed by atoms with van der Waals surface area (Å²) in [6, 6.07) is 14.1. The van der Waals surface area contributed by atoms with Crippen molar-refractivity contribution >= 4 is 21.6 Å². The molecule has 1 N–H and O–H groups in total. The predicted molar refractivity (Wildman–Crippen MR) is 117 cm³/mol. The van der Waals surface area contributed by atoms with Crippen molar-refractivity contribution in [2.45, 2.75) is 56.8 Å². The first-order valence-electron chi connectivity index (χ1n) is 10.4. The maximum atomic E-state index is 12.9. The Labute approximate surface area is 174 Å². The van der Waals surface area contributed by atoms with Crippen LogP contribution in [-0.4, -0.2) is 31.7 Å². The average Bonchev–Trinajstić information content (AvgIpc) is 3.04. The van der Waals surface area contributed by atoms with Crippen molar-refractivity contribution in [3.05, 3.63) is 59.7 Å². The van der Waals surface area contributed by atoms with Crippen molar-refractivity contribution in [1.82, 2.24) is 4.31 Å². The second kappa shape index (κ2) is 9.55. The molecule has 2 aromatic rings. The van der Waals surface area contributed by atoms with Gasteiger partial charge in [-0.25, -0.2) is 8.42 Å². The van der Waals surface area contributed by atoms with Crippen LogP contribution in [0.1, 0.15) is 67.8 Å². The molecule has 1 saturated heterocycles. The van der Waals surface area contributed by atoms with Gasteiger partial charge in [-0.1, -0.05) is 44.9 Å². The van der Waals surface area contributed by atoms with E-state index in [1.54, 1.807) is 16.4 Å². The molecule has 1 fully saturated rings. The molecule has 5 nitrogen and oxygen atoms in total. The summed E-state index contributed by atoms with van der Waals surface area (Å²) < 4.78 is 27.3. The zero-order valence-electron chi connectivity index (χ0n) is 17.2. The highest BCUT2D eigenvalue weighted by Gasteiger charge is 2.25. The molecule has 1 aliphatic rings. The van der Waals surface area contributed by atoms with Crippen molar-refractivity contribution in [3.63, 3.8) is 0 Å². The smallest absolute Gasteiger partial charge is 0.255 e. The largest absolute Gasteiger partial charge is 0.322 e. The molecule has 0 aromatic heterocycles. The number of hydrogen-bond acceptors (Lipinski definition) is 3. The lowest BCUT2D eigenvalue weighted by Crippen LogP contribution is -2.31. The quantitative estimate of drug-likeness (QED) is 0.722. The number of benzene rings is 2. The van der Waals surface area contributed by atoms with Gasteiger partial charge >= 0.3 is 0 Å². The van der Waals surface area contributed by atoms with Crippen LogP contribution in [-0.2, 0) is 10.0 Å². The number of carbonyl (C=O) groups is 1. The number of sulfonamides is 1. The number of rotatable bonds is 6. The Morgan fingerprint density at radius 3 is 2.24 bits per heavy atom. The number of carbonyl (C=O) groups excluding carboxylic acids is 1. The molecular weight excluding hydrogens is 384 g/mol. The van der Waals surface area contributed by atoms with Gasteiger partial charge in [0, 0.05) is 24.3 Å². The third-order valence-corrected chi connectivity index (χ3v) is 7.58. The van der Waals surface area contributed by atoms with Crippen molar-refractivity contribution in [2.75, 3.05) is 18.4 Å². The summed E-state index contributed by atoms with van der Waals surface area (Å²) in [6.07, 6.45) is 4.92. The molecule has 0 saturated carbocycles. The molecule has 2 aromatic carbocycles. The van der Waals surface area contributed by atoms with Gasteiger partial charge in [0.25, 0.3) is 5.91 Å². The van der Waals surface area contributed by atoms with Crippen LogP contribution in [0.25, 0.3) is 0 Å². The molecule has 3 rings (SSSR count). The van der Waals surface area contributed by atoms with Gasteiger partial charge < -0.3 is 5.32 Å². The summed E-state index contributed by atoms with van der Waals surface area (Å²) in [4.78, 5) is 13.0. The lowest BCUT2D eigenvalue weighted by molar-refractivity contribution is 0.102. The molecule has 0 radical (unpaired) electrons. The molecule has 1 atom stereocenters. The van der Waals surface area contributed by atoms with Gasteiger partial charge in [-0.05, 0) is 61.1 Å². The van der Waals surface area contributed by atoms with E-state index < -0.39 is 10.0 Å². The van der Waals surface area contributed by atoms with Gasteiger partial charge in [-0.15, -0.1) is 0 Å². The van der Waals surface area contributed by atoms with E-state index in [0.717, 1.165) is 43.4 Å². The summed E-state index contributed by atoms with van der Waals surface area (Å²) in [5.41, 5.74) is 2.34. The van der Waals surface area contributed by atoms with E-state index in [9.17, 15) is 13.2 Å². The van der Waals surface area contributed by atoms with E-state index >= 15 is 0 Å². The standard InChI is InChI=1S/C23H30N2O3S/c1-3-18(2)21-10-6-7-11-22(21)24-23(26)19-12-14-20(15-13-19)29(27,28)25-16-8-4-5-9-17-25/h6-7,10-15,18H,3-5,8-9,16-17H2,1-2H3,(H,24,26)/t18-/m1/s1. The first-order valence-corrected chi connectivity index (χ1v) is 11.9. The molecule has 0 spiro atoms. The molecule has 1 aliphatic heterocycles. The summed E-state index contributed by atoms with van der Waals surface area (Å²) in [6.45, 7) is 5.38. The summed E-state index contributed by atoms with van der Waals surface area (Å²) >= 11 is 0. The van der Waals surface area contributed by atoms with Crippen molar-refractivity contribution in [2.24, 2.45) is 0 Å². The molecule has 1 amide bonds. The lowest BCUT2D eigenvalue weighted by Gasteiger charge is -2.20. The van der Waals surface area contributed by atoms with E-state index in [2.05, 4.69) is 19.2 Å². The maximum absolute atomic E-state index is 12.9. The van der Waals surface area contributed by atoms with Gasteiger partial charge in [-0.2, -0.15) is 4.31 Å². The number of nitrogens with zero attached hydrogens (tertiary/aromatic N) is 1. The Morgan fingerprint density at radius 2 is 1.62 bits per heavy atom. The number of nitrogens with one attached hydrogen (secondary N) is 1. The van der Waals surface area contributed by atoms with Crippen LogP contribution in [0.2, 0.25) is 0 Å². The zero-order chi connectivity index (χ0) is 20.9. The third kappa shape index (κ3) is 5.06. The van der Waals surface area contributed by atoms with E-state index in [4.69, 9.17) is 0 Å². The Hall–Kier alpha value is -2.18. The van der Waals surface area contributed by atoms with Gasteiger partial charge in [0.1, 0.15) is 0 Å². The van der Waals surface area contributed by atoms with Crippen LogP contribution >= 0.6 is 0 Å². The average molecular weight is 415 g/mol. The molecule has 0 bridgehead atoms. The number of hydrogen-bond donors (Lipinski definition) is 1. The Bertz CT molecular complexity index is 931.